The van der Waals surface area contributed by atoms with Gasteiger partial charge in [0.25, 0.3) is 0 Å². The van der Waals surface area contributed by atoms with Crippen molar-refractivity contribution in [2.45, 2.75) is 13.3 Å². The van der Waals surface area contributed by atoms with Crippen molar-refractivity contribution in [2.75, 3.05) is 0 Å². The molecule has 0 heterocycles. The van der Waals surface area contributed by atoms with Gasteiger partial charge in [-0.3, -0.25) is 0 Å². The van der Waals surface area contributed by atoms with Gasteiger partial charge < -0.3 is 5.21 Å². The molecular formula is C9H8Cl3NO. The molecule has 1 aromatic carbocycles. The summed E-state index contributed by atoms with van der Waals surface area (Å²) in [6.07, 6.45) is 0.408. The van der Waals surface area contributed by atoms with E-state index in [1.54, 1.807) is 19.1 Å². The quantitative estimate of drug-likeness (QED) is 0.481. The summed E-state index contributed by atoms with van der Waals surface area (Å²) in [5.41, 5.74) is 1.25. The third-order valence-electron chi connectivity index (χ3n) is 1.71. The molecule has 0 saturated carbocycles. The first-order chi connectivity index (χ1) is 6.54. The summed E-state index contributed by atoms with van der Waals surface area (Å²) in [5.74, 6) is 0. The largest absolute Gasteiger partial charge is 0.411 e. The Morgan fingerprint density at radius 1 is 1.29 bits per heavy atom. The van der Waals surface area contributed by atoms with Crippen LogP contribution in [0.15, 0.2) is 17.3 Å². The Morgan fingerprint density at radius 2 is 1.79 bits per heavy atom. The number of hydrogen-bond acceptors (Lipinski definition) is 2. The van der Waals surface area contributed by atoms with Crippen molar-refractivity contribution in [3.8, 4) is 0 Å². The van der Waals surface area contributed by atoms with Crippen molar-refractivity contribution in [1.82, 2.24) is 0 Å². The zero-order chi connectivity index (χ0) is 10.7. The topological polar surface area (TPSA) is 32.6 Å². The highest BCUT2D eigenvalue weighted by Gasteiger charge is 2.08. The van der Waals surface area contributed by atoms with E-state index in [2.05, 4.69) is 5.16 Å². The first-order valence-corrected chi connectivity index (χ1v) is 4.99. The van der Waals surface area contributed by atoms with Gasteiger partial charge in [0, 0.05) is 21.5 Å². The molecule has 14 heavy (non-hydrogen) atoms. The van der Waals surface area contributed by atoms with Crippen LogP contribution in [0.1, 0.15) is 12.5 Å². The van der Waals surface area contributed by atoms with Gasteiger partial charge in [0.05, 0.1) is 5.71 Å². The van der Waals surface area contributed by atoms with Gasteiger partial charge >= 0.3 is 0 Å². The zero-order valence-electron chi connectivity index (χ0n) is 7.39. The highest BCUT2D eigenvalue weighted by molar-refractivity contribution is 6.39. The molecule has 0 bridgehead atoms. The summed E-state index contributed by atoms with van der Waals surface area (Å²) in [7, 11) is 0. The van der Waals surface area contributed by atoms with Crippen molar-refractivity contribution in [3.05, 3.63) is 32.8 Å². The molecule has 76 valence electrons. The average molecular weight is 253 g/mol. The first kappa shape index (κ1) is 11.6. The third-order valence-corrected chi connectivity index (χ3v) is 2.60. The van der Waals surface area contributed by atoms with Gasteiger partial charge in [-0.1, -0.05) is 40.0 Å². The van der Waals surface area contributed by atoms with Crippen molar-refractivity contribution in [2.24, 2.45) is 5.16 Å². The molecule has 1 rings (SSSR count). The average Bonchev–Trinajstić information content (AvgIpc) is 2.10. The SMILES string of the molecule is C/C(Cc1c(Cl)cc(Cl)cc1Cl)=N\O. The van der Waals surface area contributed by atoms with Crippen LogP contribution in [-0.2, 0) is 6.42 Å². The van der Waals surface area contributed by atoms with Crippen LogP contribution in [0.25, 0.3) is 0 Å². The van der Waals surface area contributed by atoms with Crippen LogP contribution in [0, 0.1) is 0 Å². The molecule has 0 aliphatic carbocycles. The van der Waals surface area contributed by atoms with Crippen LogP contribution in [0.2, 0.25) is 15.1 Å². The fourth-order valence-electron chi connectivity index (χ4n) is 1.03. The van der Waals surface area contributed by atoms with E-state index in [-0.39, 0.29) is 0 Å². The number of hydrogen-bond donors (Lipinski definition) is 1. The van der Waals surface area contributed by atoms with Crippen LogP contribution in [0.4, 0.5) is 0 Å². The standard InChI is InChI=1S/C9H8Cl3NO/c1-5(13-14)2-7-8(11)3-6(10)4-9(7)12/h3-4,14H,2H2,1H3/b13-5+. The summed E-state index contributed by atoms with van der Waals surface area (Å²) in [4.78, 5) is 0. The van der Waals surface area contributed by atoms with Gasteiger partial charge in [-0.2, -0.15) is 0 Å². The molecule has 0 unspecified atom stereocenters. The van der Waals surface area contributed by atoms with Gasteiger partial charge in [0.2, 0.25) is 0 Å². The fourth-order valence-corrected chi connectivity index (χ4v) is 1.98. The van der Waals surface area contributed by atoms with E-state index >= 15 is 0 Å². The molecule has 0 radical (unpaired) electrons. The smallest absolute Gasteiger partial charge is 0.0584 e. The maximum Gasteiger partial charge on any atom is 0.0584 e. The van der Waals surface area contributed by atoms with Crippen molar-refractivity contribution in [1.29, 1.82) is 0 Å². The number of nitrogens with zero attached hydrogens (tertiary/aromatic N) is 1. The second-order valence-electron chi connectivity index (χ2n) is 2.86. The van der Waals surface area contributed by atoms with E-state index in [0.717, 1.165) is 0 Å². The van der Waals surface area contributed by atoms with E-state index in [9.17, 15) is 0 Å². The number of halogens is 3. The van der Waals surface area contributed by atoms with Crippen LogP contribution in [0.5, 0.6) is 0 Å². The van der Waals surface area contributed by atoms with Gasteiger partial charge in [-0.05, 0) is 24.6 Å². The van der Waals surface area contributed by atoms with Crippen molar-refractivity contribution >= 4 is 40.5 Å². The molecule has 0 spiro atoms. The predicted molar refractivity (Wildman–Crippen MR) is 60.1 cm³/mol. The molecule has 0 aromatic heterocycles. The van der Waals surface area contributed by atoms with Crippen molar-refractivity contribution in [3.63, 3.8) is 0 Å². The molecule has 0 aliphatic rings. The normalized spacial score (nSPS) is 11.9. The van der Waals surface area contributed by atoms with Crippen LogP contribution in [-0.4, -0.2) is 10.9 Å². The maximum atomic E-state index is 8.51. The molecule has 5 heteroatoms. The lowest BCUT2D eigenvalue weighted by molar-refractivity contribution is 0.317. The third kappa shape index (κ3) is 2.77. The summed E-state index contributed by atoms with van der Waals surface area (Å²) < 4.78 is 0. The highest BCUT2D eigenvalue weighted by Crippen LogP contribution is 2.29. The van der Waals surface area contributed by atoms with Crippen LogP contribution in [0.3, 0.4) is 0 Å². The Labute approximate surface area is 97.1 Å². The molecule has 0 fully saturated rings. The second kappa shape index (κ2) is 4.87. The summed E-state index contributed by atoms with van der Waals surface area (Å²) >= 11 is 17.6. The lowest BCUT2D eigenvalue weighted by Crippen LogP contribution is -1.99. The molecule has 1 aromatic rings. The number of rotatable bonds is 2. The minimum atomic E-state index is 0.408. The van der Waals surface area contributed by atoms with Crippen molar-refractivity contribution < 1.29 is 5.21 Å². The van der Waals surface area contributed by atoms with Gasteiger partial charge in [-0.15, -0.1) is 0 Å². The second-order valence-corrected chi connectivity index (χ2v) is 4.11. The highest BCUT2D eigenvalue weighted by atomic mass is 35.5. The van der Waals surface area contributed by atoms with Crippen LogP contribution >= 0.6 is 34.8 Å². The van der Waals surface area contributed by atoms with E-state index in [1.807, 2.05) is 0 Å². The number of benzene rings is 1. The Morgan fingerprint density at radius 3 is 2.21 bits per heavy atom. The summed E-state index contributed by atoms with van der Waals surface area (Å²) in [6, 6.07) is 3.21. The monoisotopic (exact) mass is 251 g/mol. The van der Waals surface area contributed by atoms with E-state index in [1.165, 1.54) is 0 Å². The van der Waals surface area contributed by atoms with Gasteiger partial charge in [0.1, 0.15) is 0 Å². The molecule has 1 N–H and O–H groups in total. The lowest BCUT2D eigenvalue weighted by atomic mass is 10.1. The Hall–Kier alpha value is -0.440. The first-order valence-electron chi connectivity index (χ1n) is 3.85. The fraction of sp³-hybridized carbons (Fsp3) is 0.222. The Balaban J connectivity index is 3.09. The van der Waals surface area contributed by atoms with Gasteiger partial charge in [0.15, 0.2) is 0 Å². The Kier molecular flexibility index (Phi) is 4.05. The Bertz CT molecular complexity index is 353. The molecule has 0 atom stereocenters. The number of oxime groups is 1. The zero-order valence-corrected chi connectivity index (χ0v) is 9.66. The molecule has 0 saturated heterocycles. The molecule has 0 aliphatic heterocycles. The van der Waals surface area contributed by atoms with Crippen LogP contribution < -0.4 is 0 Å². The molecule has 2 nitrogen and oxygen atoms in total. The van der Waals surface area contributed by atoms with E-state index in [0.29, 0.717) is 32.8 Å². The summed E-state index contributed by atoms with van der Waals surface area (Å²) in [6.45, 7) is 1.68. The molecular weight excluding hydrogens is 244 g/mol. The van der Waals surface area contributed by atoms with E-state index in [4.69, 9.17) is 40.0 Å². The maximum absolute atomic E-state index is 8.51. The minimum Gasteiger partial charge on any atom is -0.411 e. The van der Waals surface area contributed by atoms with E-state index < -0.39 is 0 Å². The minimum absolute atomic E-state index is 0.408. The summed E-state index contributed by atoms with van der Waals surface area (Å²) in [5, 5.41) is 13.0. The van der Waals surface area contributed by atoms with Gasteiger partial charge in [-0.25, -0.2) is 0 Å². The predicted octanol–water partition coefficient (Wildman–Crippen LogP) is 4.04. The lowest BCUT2D eigenvalue weighted by Gasteiger charge is -2.06. The molecule has 0 amide bonds.